The summed E-state index contributed by atoms with van der Waals surface area (Å²) in [5, 5.41) is 0. The summed E-state index contributed by atoms with van der Waals surface area (Å²) in [5.41, 5.74) is 8.68. The Kier molecular flexibility index (Phi) is 2.29. The number of ether oxygens (including phenoxy) is 2. The van der Waals surface area contributed by atoms with Gasteiger partial charge in [-0.3, -0.25) is 0 Å². The van der Waals surface area contributed by atoms with Crippen LogP contribution in [0.1, 0.15) is 24.4 Å². The molecule has 0 radical (unpaired) electrons. The Labute approximate surface area is 116 Å². The number of aryl methyl sites for hydroxylation is 1. The van der Waals surface area contributed by atoms with Gasteiger partial charge < -0.3 is 15.2 Å². The van der Waals surface area contributed by atoms with E-state index in [0.29, 0.717) is 0 Å². The third-order valence-corrected chi connectivity index (χ3v) is 3.76. The number of rotatable bonds is 2. The van der Waals surface area contributed by atoms with E-state index in [9.17, 15) is 0 Å². The van der Waals surface area contributed by atoms with Crippen LogP contribution in [0.3, 0.4) is 0 Å². The quantitative estimate of drug-likeness (QED) is 0.904. The lowest BCUT2D eigenvalue weighted by Gasteiger charge is -2.11. The van der Waals surface area contributed by atoms with E-state index in [4.69, 9.17) is 15.2 Å². The molecule has 0 amide bonds. The normalized spacial score (nSPS) is 18.1. The Morgan fingerprint density at radius 1 is 1.10 bits per heavy atom. The highest BCUT2D eigenvalue weighted by atomic mass is 16.7. The van der Waals surface area contributed by atoms with Gasteiger partial charge in [-0.15, -0.1) is 0 Å². The maximum atomic E-state index is 6.20. The Morgan fingerprint density at radius 2 is 1.90 bits per heavy atom. The van der Waals surface area contributed by atoms with E-state index in [1.807, 2.05) is 31.2 Å². The molecule has 20 heavy (non-hydrogen) atoms. The summed E-state index contributed by atoms with van der Waals surface area (Å²) in [7, 11) is 0. The van der Waals surface area contributed by atoms with E-state index >= 15 is 0 Å². The molecule has 0 unspecified atom stereocenters. The molecule has 0 saturated heterocycles. The molecule has 5 nitrogen and oxygen atoms in total. The summed E-state index contributed by atoms with van der Waals surface area (Å²) in [6, 6.07) is 7.80. The zero-order valence-electron chi connectivity index (χ0n) is 11.2. The van der Waals surface area contributed by atoms with Crippen molar-refractivity contribution in [1.29, 1.82) is 0 Å². The molecular weight excluding hydrogens is 254 g/mol. The van der Waals surface area contributed by atoms with Crippen molar-refractivity contribution >= 4 is 0 Å². The second kappa shape index (κ2) is 3.93. The highest BCUT2D eigenvalue weighted by molar-refractivity contribution is 5.64. The zero-order chi connectivity index (χ0) is 13.7. The highest BCUT2D eigenvalue weighted by Gasteiger charge is 2.43. The zero-order valence-corrected chi connectivity index (χ0v) is 11.2. The number of hydrogen-bond donors (Lipinski definition) is 1. The van der Waals surface area contributed by atoms with Crippen LogP contribution in [0.25, 0.3) is 11.3 Å². The van der Waals surface area contributed by atoms with Crippen LogP contribution in [-0.2, 0) is 5.54 Å². The molecule has 0 spiro atoms. The second-order valence-corrected chi connectivity index (χ2v) is 5.44. The van der Waals surface area contributed by atoms with Crippen molar-refractivity contribution in [2.75, 3.05) is 6.79 Å². The molecule has 1 aromatic heterocycles. The summed E-state index contributed by atoms with van der Waals surface area (Å²) in [6.07, 6.45) is 1.91. The molecule has 4 rings (SSSR count). The van der Waals surface area contributed by atoms with Crippen LogP contribution < -0.4 is 15.2 Å². The number of hydrogen-bond acceptors (Lipinski definition) is 5. The van der Waals surface area contributed by atoms with E-state index < -0.39 is 0 Å². The molecule has 1 saturated carbocycles. The molecular formula is C15H15N3O2. The number of benzene rings is 1. The topological polar surface area (TPSA) is 70.3 Å². The van der Waals surface area contributed by atoms with E-state index in [0.717, 1.165) is 47.1 Å². The fourth-order valence-corrected chi connectivity index (χ4v) is 2.35. The minimum atomic E-state index is -0.322. The third-order valence-electron chi connectivity index (χ3n) is 3.76. The summed E-state index contributed by atoms with van der Waals surface area (Å²) in [5.74, 6) is 2.27. The van der Waals surface area contributed by atoms with Crippen molar-refractivity contribution in [3.63, 3.8) is 0 Å². The average molecular weight is 269 g/mol. The van der Waals surface area contributed by atoms with Crippen molar-refractivity contribution < 1.29 is 9.47 Å². The first kappa shape index (κ1) is 11.7. The van der Waals surface area contributed by atoms with E-state index in [2.05, 4.69) is 9.97 Å². The van der Waals surface area contributed by atoms with E-state index in [1.165, 1.54) is 0 Å². The third kappa shape index (κ3) is 1.82. The SMILES string of the molecule is Cc1cc(-c2ccc3c(c2)OCO3)nc(C2(N)CC2)n1. The molecule has 0 atom stereocenters. The summed E-state index contributed by atoms with van der Waals surface area (Å²) < 4.78 is 10.7. The van der Waals surface area contributed by atoms with E-state index in [1.54, 1.807) is 0 Å². The second-order valence-electron chi connectivity index (χ2n) is 5.44. The van der Waals surface area contributed by atoms with Crippen molar-refractivity contribution in [1.82, 2.24) is 9.97 Å². The average Bonchev–Trinajstić information content (AvgIpc) is 3.03. The Hall–Kier alpha value is -2.14. The van der Waals surface area contributed by atoms with Crippen LogP contribution in [0.4, 0.5) is 0 Å². The number of fused-ring (bicyclic) bond motifs is 1. The fraction of sp³-hybridized carbons (Fsp3) is 0.333. The van der Waals surface area contributed by atoms with Gasteiger partial charge in [0.2, 0.25) is 6.79 Å². The maximum Gasteiger partial charge on any atom is 0.231 e. The predicted octanol–water partition coefficient (Wildman–Crippen LogP) is 2.13. The molecule has 102 valence electrons. The minimum absolute atomic E-state index is 0.277. The standard InChI is InChI=1S/C15H15N3O2/c1-9-6-11(18-14(17-9)15(16)4-5-15)10-2-3-12-13(7-10)20-8-19-12/h2-3,6-7H,4-5,8,16H2,1H3. The molecule has 1 aliphatic carbocycles. The predicted molar refractivity (Wildman–Crippen MR) is 73.4 cm³/mol. The van der Waals surface area contributed by atoms with Gasteiger partial charge in [-0.05, 0) is 44.0 Å². The fourth-order valence-electron chi connectivity index (χ4n) is 2.35. The van der Waals surface area contributed by atoms with Crippen molar-refractivity contribution in [2.45, 2.75) is 25.3 Å². The monoisotopic (exact) mass is 269 g/mol. The van der Waals surface area contributed by atoms with Gasteiger partial charge in [0.25, 0.3) is 0 Å². The molecule has 2 aliphatic rings. The number of nitrogens with zero attached hydrogens (tertiary/aromatic N) is 2. The summed E-state index contributed by atoms with van der Waals surface area (Å²) >= 11 is 0. The molecule has 5 heteroatoms. The molecule has 0 bridgehead atoms. The number of aromatic nitrogens is 2. The van der Waals surface area contributed by atoms with Crippen LogP contribution in [0, 0.1) is 6.92 Å². The Morgan fingerprint density at radius 3 is 2.70 bits per heavy atom. The summed E-state index contributed by atoms with van der Waals surface area (Å²) in [4.78, 5) is 9.10. The first-order chi connectivity index (χ1) is 9.64. The largest absolute Gasteiger partial charge is 0.454 e. The minimum Gasteiger partial charge on any atom is -0.454 e. The first-order valence-electron chi connectivity index (χ1n) is 6.69. The van der Waals surface area contributed by atoms with Gasteiger partial charge in [-0.2, -0.15) is 0 Å². The van der Waals surface area contributed by atoms with Crippen molar-refractivity contribution in [2.24, 2.45) is 5.73 Å². The van der Waals surface area contributed by atoms with Crippen LogP contribution in [-0.4, -0.2) is 16.8 Å². The van der Waals surface area contributed by atoms with Gasteiger partial charge in [0.05, 0.1) is 11.2 Å². The molecule has 1 aromatic carbocycles. The van der Waals surface area contributed by atoms with Gasteiger partial charge in [0, 0.05) is 11.3 Å². The molecule has 2 aromatic rings. The van der Waals surface area contributed by atoms with Crippen LogP contribution in [0.2, 0.25) is 0 Å². The Bertz CT molecular complexity index is 696. The molecule has 1 fully saturated rings. The highest BCUT2D eigenvalue weighted by Crippen LogP contribution is 2.42. The van der Waals surface area contributed by atoms with Crippen LogP contribution in [0.15, 0.2) is 24.3 Å². The lowest BCUT2D eigenvalue weighted by atomic mass is 10.1. The van der Waals surface area contributed by atoms with Crippen LogP contribution in [0.5, 0.6) is 11.5 Å². The molecule has 1 aliphatic heterocycles. The lowest BCUT2D eigenvalue weighted by molar-refractivity contribution is 0.174. The van der Waals surface area contributed by atoms with E-state index in [-0.39, 0.29) is 12.3 Å². The van der Waals surface area contributed by atoms with Gasteiger partial charge in [-0.1, -0.05) is 0 Å². The lowest BCUT2D eigenvalue weighted by Crippen LogP contribution is -2.22. The van der Waals surface area contributed by atoms with Gasteiger partial charge >= 0.3 is 0 Å². The first-order valence-corrected chi connectivity index (χ1v) is 6.69. The van der Waals surface area contributed by atoms with Crippen molar-refractivity contribution in [3.8, 4) is 22.8 Å². The maximum absolute atomic E-state index is 6.20. The van der Waals surface area contributed by atoms with Crippen molar-refractivity contribution in [3.05, 3.63) is 35.8 Å². The molecule has 2 heterocycles. The smallest absolute Gasteiger partial charge is 0.231 e. The summed E-state index contributed by atoms with van der Waals surface area (Å²) in [6.45, 7) is 2.24. The number of nitrogens with two attached hydrogens (primary N) is 1. The van der Waals surface area contributed by atoms with Gasteiger partial charge in [-0.25, -0.2) is 9.97 Å². The van der Waals surface area contributed by atoms with Gasteiger partial charge in [0.15, 0.2) is 11.5 Å². The van der Waals surface area contributed by atoms with Gasteiger partial charge in [0.1, 0.15) is 5.82 Å². The molecule has 2 N–H and O–H groups in total. The Balaban J connectivity index is 1.80. The van der Waals surface area contributed by atoms with Crippen LogP contribution >= 0.6 is 0 Å².